The van der Waals surface area contributed by atoms with E-state index in [-0.39, 0.29) is 11.7 Å². The van der Waals surface area contributed by atoms with E-state index in [1.807, 2.05) is 0 Å². The number of allylic oxidation sites excluding steroid dienone is 4. The maximum atomic E-state index is 17.1. The van der Waals surface area contributed by atoms with E-state index in [0.29, 0.717) is 67.7 Å². The molecular formula is C46H39BF10NOP. The van der Waals surface area contributed by atoms with Crippen molar-refractivity contribution in [2.45, 2.75) is 73.1 Å². The molecule has 2 aliphatic carbocycles. The first-order valence-electron chi connectivity index (χ1n) is 19.6. The zero-order valence-corrected chi connectivity index (χ0v) is 34.3. The monoisotopic (exact) mass is 853 g/mol. The Morgan fingerprint density at radius 3 is 1.38 bits per heavy atom. The van der Waals surface area contributed by atoms with Gasteiger partial charge in [-0.1, -0.05) is 77.7 Å². The predicted molar refractivity (Wildman–Crippen MR) is 213 cm³/mol. The van der Waals surface area contributed by atoms with Crippen molar-refractivity contribution in [1.82, 2.24) is 0 Å². The molecule has 312 valence electrons. The van der Waals surface area contributed by atoms with Gasteiger partial charge in [-0.15, -0.1) is 11.5 Å². The van der Waals surface area contributed by atoms with Gasteiger partial charge in [-0.05, 0) is 105 Å². The Morgan fingerprint density at radius 1 is 0.567 bits per heavy atom. The lowest BCUT2D eigenvalue weighted by atomic mass is 9.23. The molecule has 0 radical (unpaired) electrons. The lowest BCUT2D eigenvalue weighted by Crippen LogP contribution is -2.70. The molecule has 5 aromatic carbocycles. The average molecular weight is 854 g/mol. The van der Waals surface area contributed by atoms with E-state index in [2.05, 4.69) is 0 Å². The Hall–Kier alpha value is -4.87. The molecule has 8 rings (SSSR count). The second-order valence-corrected chi connectivity index (χ2v) is 19.5. The normalized spacial score (nSPS) is 19.4. The Labute approximate surface area is 340 Å². The fourth-order valence-electron chi connectivity index (χ4n) is 11.1. The molecule has 0 saturated heterocycles. The van der Waals surface area contributed by atoms with Gasteiger partial charge in [0.05, 0.1) is 0 Å². The fourth-order valence-corrected chi connectivity index (χ4v) is 16.9. The average Bonchev–Trinajstić information content (AvgIpc) is 3.41. The lowest BCUT2D eigenvalue weighted by molar-refractivity contribution is -0.660. The highest BCUT2D eigenvalue weighted by Gasteiger charge is 2.67. The van der Waals surface area contributed by atoms with Gasteiger partial charge in [0.2, 0.25) is 0 Å². The van der Waals surface area contributed by atoms with Gasteiger partial charge in [-0.25, -0.2) is 43.9 Å². The van der Waals surface area contributed by atoms with Crippen molar-refractivity contribution < 1.29 is 53.5 Å². The Morgan fingerprint density at radius 2 is 0.967 bits per heavy atom. The van der Waals surface area contributed by atoms with Gasteiger partial charge >= 0.3 is 6.28 Å². The van der Waals surface area contributed by atoms with Crippen LogP contribution in [0.4, 0.5) is 43.9 Å². The number of fused-ring (bicyclic) bond motifs is 2. The lowest BCUT2D eigenvalue weighted by Gasteiger charge is -2.41. The topological polar surface area (TPSA) is 23.2 Å². The number of benzene rings is 5. The summed E-state index contributed by atoms with van der Waals surface area (Å²) in [5.74, 6) is -27.0. The molecule has 0 amide bonds. The maximum absolute atomic E-state index is 17.1. The molecule has 0 unspecified atom stereocenters. The van der Waals surface area contributed by atoms with E-state index >= 15 is 43.9 Å². The van der Waals surface area contributed by atoms with Crippen LogP contribution in [0, 0.1) is 106 Å². The Bertz CT molecular complexity index is 2600. The van der Waals surface area contributed by atoms with E-state index in [9.17, 15) is 5.21 Å². The summed E-state index contributed by atoms with van der Waals surface area (Å²) in [5, 5.41) is 14.7. The summed E-state index contributed by atoms with van der Waals surface area (Å²) < 4.78 is 162. The van der Waals surface area contributed by atoms with Gasteiger partial charge in [-0.3, -0.25) is 4.40 Å². The second kappa shape index (κ2) is 14.7. The smallest absolute Gasteiger partial charge is 0.286 e. The third-order valence-electron chi connectivity index (χ3n) is 12.9. The third kappa shape index (κ3) is 5.49. The Balaban J connectivity index is 1.81. The molecule has 1 heterocycles. The third-order valence-corrected chi connectivity index (χ3v) is 17.7. The van der Waals surface area contributed by atoms with Gasteiger partial charge in [0.15, 0.2) is 42.0 Å². The Kier molecular flexibility index (Phi) is 10.2. The number of rotatable bonds is 5. The minimum Gasteiger partial charge on any atom is -0.286 e. The second-order valence-electron chi connectivity index (χ2n) is 16.5. The van der Waals surface area contributed by atoms with Crippen LogP contribution in [0.3, 0.4) is 0 Å². The first-order valence-corrected chi connectivity index (χ1v) is 21.3. The molecule has 1 N–H and O–H groups in total. The maximum Gasteiger partial charge on any atom is 0.400 e. The van der Waals surface area contributed by atoms with Crippen LogP contribution in [0.5, 0.6) is 0 Å². The van der Waals surface area contributed by atoms with E-state index in [0.717, 1.165) is 11.1 Å². The van der Waals surface area contributed by atoms with Gasteiger partial charge < -0.3 is 0 Å². The summed E-state index contributed by atoms with van der Waals surface area (Å²) in [6, 6.07) is 15.7. The SMILES string of the molecule is Cc1cc(C)c(P2(c3c(C)cc(C)cc3C)=[N+](O)[B-](c3c(F)c(F)c(F)c(F)c3F)(c3c(F)c(F)c(F)c(F)c3F)C3=C[C@@H](c4ccccc4)[C@H]4CCCCC4=C32)c(C)c1. The summed E-state index contributed by atoms with van der Waals surface area (Å²) in [5.41, 5.74) is 0.296. The van der Waals surface area contributed by atoms with Crippen LogP contribution in [0.2, 0.25) is 0 Å². The predicted octanol–water partition coefficient (Wildman–Crippen LogP) is 11.0. The van der Waals surface area contributed by atoms with E-state index in [1.54, 1.807) is 96.1 Å². The highest BCUT2D eigenvalue weighted by molar-refractivity contribution is 7.84. The van der Waals surface area contributed by atoms with E-state index in [4.69, 9.17) is 0 Å². The summed E-state index contributed by atoms with van der Waals surface area (Å²) in [4.78, 5) is 0. The standard InChI is InChI=1S/C46H39BF10NOP/c1-21-16-23(3)44(24(4)17-21)60(45-25(5)18-22(2)19-26(45)6)46-29-15-11-10-14-28(29)30(27-12-8-7-9-13-27)20-31(46)47(58(60)59,32-34(48)38(52)42(56)39(53)35(32)49)33-36(50)40(54)43(57)41(55)37(33)51/h7-9,12-13,16-20,28,30,59H,10-11,14-15H2,1-6H3/t28-,30-/m0/s1. The van der Waals surface area contributed by atoms with Gasteiger partial charge in [-0.2, -0.15) is 5.21 Å². The zero-order valence-electron chi connectivity index (χ0n) is 33.5. The molecule has 14 heteroatoms. The number of nitrogens with zero attached hydrogens (tertiary/aromatic N) is 1. The van der Waals surface area contributed by atoms with Crippen molar-refractivity contribution in [1.29, 1.82) is 0 Å². The molecule has 2 atom stereocenters. The molecule has 1 fully saturated rings. The van der Waals surface area contributed by atoms with Crippen LogP contribution in [0.1, 0.15) is 70.5 Å². The van der Waals surface area contributed by atoms with Crippen molar-refractivity contribution >= 4 is 34.9 Å². The molecule has 5 aromatic rings. The molecule has 1 saturated carbocycles. The van der Waals surface area contributed by atoms with Gasteiger partial charge in [0.25, 0.3) is 0 Å². The van der Waals surface area contributed by atoms with Crippen LogP contribution in [-0.4, -0.2) is 15.9 Å². The van der Waals surface area contributed by atoms with Gasteiger partial charge in [0.1, 0.15) is 23.3 Å². The van der Waals surface area contributed by atoms with E-state index < -0.39 is 99.7 Å². The zero-order chi connectivity index (χ0) is 43.5. The van der Waals surface area contributed by atoms with Crippen molar-refractivity contribution in [2.75, 3.05) is 0 Å². The van der Waals surface area contributed by atoms with Crippen molar-refractivity contribution in [2.24, 2.45) is 5.92 Å². The van der Waals surface area contributed by atoms with Crippen molar-refractivity contribution in [3.8, 4) is 0 Å². The minimum atomic E-state index is -4.99. The first kappa shape index (κ1) is 41.9. The van der Waals surface area contributed by atoms with Crippen LogP contribution in [0.15, 0.2) is 77.0 Å². The summed E-state index contributed by atoms with van der Waals surface area (Å²) in [6.07, 6.45) is -1.54. The molecule has 0 bridgehead atoms. The molecule has 0 spiro atoms. The minimum absolute atomic E-state index is 0.139. The molecule has 60 heavy (non-hydrogen) atoms. The highest BCUT2D eigenvalue weighted by Crippen LogP contribution is 2.70. The number of aryl methyl sites for hydroxylation is 6. The molecule has 0 aromatic heterocycles. The number of hydrogen-bond acceptors (Lipinski definition) is 0. The molecule has 1 aliphatic heterocycles. The highest BCUT2D eigenvalue weighted by atomic mass is 31.2. The van der Waals surface area contributed by atoms with Crippen molar-refractivity contribution in [3.63, 3.8) is 0 Å². The van der Waals surface area contributed by atoms with Gasteiger partial charge in [0, 0.05) is 21.8 Å². The van der Waals surface area contributed by atoms with Crippen LogP contribution in [-0.2, 0) is 0 Å². The molecular weight excluding hydrogens is 814 g/mol. The van der Waals surface area contributed by atoms with Crippen LogP contribution >= 0.6 is 7.05 Å². The van der Waals surface area contributed by atoms with Crippen LogP contribution < -0.4 is 21.5 Å². The summed E-state index contributed by atoms with van der Waals surface area (Å²) in [6.45, 7) is 10.4. The number of hydrogen-bond donors (Lipinski definition) is 1. The first-order chi connectivity index (χ1) is 28.3. The molecule has 3 aliphatic rings. The number of halogens is 10. The molecule has 2 nitrogen and oxygen atoms in total. The fraction of sp³-hybridized carbons (Fsp3) is 0.261. The summed E-state index contributed by atoms with van der Waals surface area (Å²) in [7, 11) is -4.40. The van der Waals surface area contributed by atoms with E-state index in [1.165, 1.54) is 6.08 Å². The quantitative estimate of drug-likeness (QED) is 0.0615. The van der Waals surface area contributed by atoms with Crippen LogP contribution in [0.25, 0.3) is 0 Å². The summed E-state index contributed by atoms with van der Waals surface area (Å²) >= 11 is 0. The van der Waals surface area contributed by atoms with Crippen molar-refractivity contribution in [3.05, 3.63) is 174 Å². The largest absolute Gasteiger partial charge is 0.400 e.